The van der Waals surface area contributed by atoms with Crippen molar-refractivity contribution < 1.29 is 9.09 Å². The summed E-state index contributed by atoms with van der Waals surface area (Å²) in [7, 11) is 0. The van der Waals surface area contributed by atoms with Crippen molar-refractivity contribution in [3.8, 4) is 0 Å². The van der Waals surface area contributed by atoms with Crippen LogP contribution in [0.2, 0.25) is 0 Å². The molecular formula is C10H15O2PS. The highest BCUT2D eigenvalue weighted by atomic mass is 32.7. The van der Waals surface area contributed by atoms with Gasteiger partial charge in [-0.2, -0.15) is 0 Å². The third kappa shape index (κ3) is 4.32. The largest absolute Gasteiger partial charge is 0.321 e. The third-order valence-corrected chi connectivity index (χ3v) is 4.95. The first-order valence-corrected chi connectivity index (χ1v) is 8.10. The van der Waals surface area contributed by atoms with Crippen molar-refractivity contribution in [1.82, 2.24) is 0 Å². The van der Waals surface area contributed by atoms with Gasteiger partial charge in [-0.05, 0) is 29.9 Å². The molecule has 0 saturated carbocycles. The van der Waals surface area contributed by atoms with E-state index in [9.17, 15) is 4.57 Å². The Hall–Kier alpha value is -0.240. The van der Waals surface area contributed by atoms with E-state index in [4.69, 9.17) is 4.52 Å². The van der Waals surface area contributed by atoms with Crippen LogP contribution in [-0.4, -0.2) is 13.3 Å². The second kappa shape index (κ2) is 5.59. The lowest BCUT2D eigenvalue weighted by molar-refractivity contribution is 0.328. The van der Waals surface area contributed by atoms with E-state index in [1.54, 1.807) is 6.66 Å². The Kier molecular flexibility index (Phi) is 4.73. The molecule has 0 saturated heterocycles. The van der Waals surface area contributed by atoms with Crippen LogP contribution in [-0.2, 0) is 9.09 Å². The molecule has 0 N–H and O–H groups in total. The van der Waals surface area contributed by atoms with Crippen LogP contribution in [0.1, 0.15) is 13.3 Å². The van der Waals surface area contributed by atoms with Crippen LogP contribution in [0.25, 0.3) is 0 Å². The molecule has 0 aromatic heterocycles. The molecule has 0 aliphatic carbocycles. The van der Waals surface area contributed by atoms with Gasteiger partial charge in [-0.1, -0.05) is 25.1 Å². The van der Waals surface area contributed by atoms with Crippen LogP contribution in [0.3, 0.4) is 0 Å². The van der Waals surface area contributed by atoms with Crippen LogP contribution >= 0.6 is 18.0 Å². The lowest BCUT2D eigenvalue weighted by Crippen LogP contribution is -1.87. The molecule has 0 amide bonds. The van der Waals surface area contributed by atoms with Gasteiger partial charge < -0.3 is 4.52 Å². The van der Waals surface area contributed by atoms with Crippen LogP contribution in [0, 0.1) is 0 Å². The van der Waals surface area contributed by atoms with Crippen LogP contribution < -0.4 is 0 Å². The van der Waals surface area contributed by atoms with Crippen molar-refractivity contribution in [2.75, 3.05) is 13.3 Å². The van der Waals surface area contributed by atoms with Gasteiger partial charge in [0.05, 0.1) is 6.61 Å². The average molecular weight is 230 g/mol. The zero-order chi connectivity index (χ0) is 10.4. The van der Waals surface area contributed by atoms with Crippen molar-refractivity contribution in [3.63, 3.8) is 0 Å². The highest BCUT2D eigenvalue weighted by molar-refractivity contribution is 8.56. The SMILES string of the molecule is CCCOP(C)(=O)Sc1ccccc1. The van der Waals surface area contributed by atoms with E-state index < -0.39 is 6.57 Å². The van der Waals surface area contributed by atoms with E-state index in [0.717, 1.165) is 11.3 Å². The summed E-state index contributed by atoms with van der Waals surface area (Å²) in [6.07, 6.45) is 0.896. The highest BCUT2D eigenvalue weighted by Gasteiger charge is 2.16. The van der Waals surface area contributed by atoms with Crippen LogP contribution in [0.5, 0.6) is 0 Å². The normalized spacial score (nSPS) is 15.0. The van der Waals surface area contributed by atoms with Gasteiger partial charge >= 0.3 is 0 Å². The van der Waals surface area contributed by atoms with E-state index in [-0.39, 0.29) is 0 Å². The fourth-order valence-corrected chi connectivity index (χ4v) is 4.08. The molecule has 0 radical (unpaired) electrons. The second-order valence-corrected chi connectivity index (χ2v) is 8.00. The molecule has 1 atom stereocenters. The molecule has 1 aromatic rings. The molecule has 1 unspecified atom stereocenters. The summed E-state index contributed by atoms with van der Waals surface area (Å²) in [5.41, 5.74) is 0. The van der Waals surface area contributed by atoms with Crippen LogP contribution in [0.4, 0.5) is 0 Å². The Bertz CT molecular complexity index is 313. The summed E-state index contributed by atoms with van der Waals surface area (Å²) >= 11 is 1.32. The van der Waals surface area contributed by atoms with Crippen molar-refractivity contribution in [3.05, 3.63) is 30.3 Å². The Balaban J connectivity index is 2.55. The van der Waals surface area contributed by atoms with Crippen molar-refractivity contribution in [1.29, 1.82) is 0 Å². The minimum atomic E-state index is -2.51. The third-order valence-electron chi connectivity index (χ3n) is 1.54. The van der Waals surface area contributed by atoms with Gasteiger partial charge in [0.15, 0.2) is 0 Å². The van der Waals surface area contributed by atoms with Gasteiger partial charge in [0.1, 0.15) is 0 Å². The molecule has 0 fully saturated rings. The molecular weight excluding hydrogens is 215 g/mol. The molecule has 2 nitrogen and oxygen atoms in total. The number of benzene rings is 1. The molecule has 0 bridgehead atoms. The average Bonchev–Trinajstić information content (AvgIpc) is 2.16. The maximum absolute atomic E-state index is 11.9. The minimum Gasteiger partial charge on any atom is -0.321 e. The predicted octanol–water partition coefficient (Wildman–Crippen LogP) is 4.03. The van der Waals surface area contributed by atoms with E-state index in [1.807, 2.05) is 37.3 Å². The molecule has 14 heavy (non-hydrogen) atoms. The molecule has 4 heteroatoms. The number of hydrogen-bond donors (Lipinski definition) is 0. The number of rotatable bonds is 5. The summed E-state index contributed by atoms with van der Waals surface area (Å²) in [6, 6.07) is 9.69. The van der Waals surface area contributed by atoms with E-state index in [0.29, 0.717) is 6.61 Å². The molecule has 0 aliphatic rings. The van der Waals surface area contributed by atoms with Crippen molar-refractivity contribution in [2.45, 2.75) is 18.2 Å². The summed E-state index contributed by atoms with van der Waals surface area (Å²) in [6.45, 7) is 1.72. The van der Waals surface area contributed by atoms with Gasteiger partial charge in [0.25, 0.3) is 6.57 Å². The van der Waals surface area contributed by atoms with Gasteiger partial charge in [-0.3, -0.25) is 4.57 Å². The first kappa shape index (κ1) is 11.8. The maximum atomic E-state index is 11.9. The summed E-state index contributed by atoms with van der Waals surface area (Å²) < 4.78 is 17.2. The fraction of sp³-hybridized carbons (Fsp3) is 0.400. The fourth-order valence-electron chi connectivity index (χ4n) is 0.956. The first-order chi connectivity index (χ1) is 6.64. The predicted molar refractivity (Wildman–Crippen MR) is 62.1 cm³/mol. The van der Waals surface area contributed by atoms with E-state index in [2.05, 4.69) is 0 Å². The Morgan fingerprint density at radius 3 is 2.57 bits per heavy atom. The zero-order valence-corrected chi connectivity index (χ0v) is 10.2. The van der Waals surface area contributed by atoms with Gasteiger partial charge in [0, 0.05) is 11.6 Å². The summed E-state index contributed by atoms with van der Waals surface area (Å²) in [5.74, 6) is 0. The van der Waals surface area contributed by atoms with Crippen molar-refractivity contribution in [2.24, 2.45) is 0 Å². The van der Waals surface area contributed by atoms with E-state index >= 15 is 0 Å². The quantitative estimate of drug-likeness (QED) is 0.714. The lowest BCUT2D eigenvalue weighted by Gasteiger charge is -2.11. The molecule has 0 spiro atoms. The standard InChI is InChI=1S/C10H15O2PS/c1-3-9-12-13(2,11)14-10-7-5-4-6-8-10/h4-8H,3,9H2,1-2H3. The molecule has 1 rings (SSSR count). The first-order valence-electron chi connectivity index (χ1n) is 4.61. The Morgan fingerprint density at radius 2 is 2.00 bits per heavy atom. The summed E-state index contributed by atoms with van der Waals surface area (Å²) in [4.78, 5) is 0.995. The Morgan fingerprint density at radius 1 is 1.36 bits per heavy atom. The Labute approximate surface area is 89.3 Å². The zero-order valence-electron chi connectivity index (χ0n) is 8.47. The lowest BCUT2D eigenvalue weighted by atomic mass is 10.4. The molecule has 0 aliphatic heterocycles. The monoisotopic (exact) mass is 230 g/mol. The summed E-state index contributed by atoms with van der Waals surface area (Å²) in [5, 5.41) is 0. The second-order valence-electron chi connectivity index (χ2n) is 3.01. The maximum Gasteiger partial charge on any atom is 0.259 e. The van der Waals surface area contributed by atoms with E-state index in [1.165, 1.54) is 11.4 Å². The molecule has 78 valence electrons. The van der Waals surface area contributed by atoms with Gasteiger partial charge in [-0.25, -0.2) is 0 Å². The molecule has 0 heterocycles. The number of hydrogen-bond acceptors (Lipinski definition) is 3. The molecule has 1 aromatic carbocycles. The van der Waals surface area contributed by atoms with Crippen LogP contribution in [0.15, 0.2) is 35.2 Å². The van der Waals surface area contributed by atoms with Crippen molar-refractivity contribution >= 4 is 18.0 Å². The highest BCUT2D eigenvalue weighted by Crippen LogP contribution is 2.59. The smallest absolute Gasteiger partial charge is 0.259 e. The minimum absolute atomic E-state index is 0.563. The topological polar surface area (TPSA) is 26.3 Å². The van der Waals surface area contributed by atoms with Gasteiger partial charge in [-0.15, -0.1) is 0 Å². The van der Waals surface area contributed by atoms with Gasteiger partial charge in [0.2, 0.25) is 0 Å².